The quantitative estimate of drug-likeness (QED) is 0.922. The lowest BCUT2D eigenvalue weighted by Crippen LogP contribution is -2.38. The Morgan fingerprint density at radius 1 is 1.25 bits per heavy atom. The fraction of sp³-hybridized carbons (Fsp3) is 0.533. The molecule has 0 radical (unpaired) electrons. The van der Waals surface area contributed by atoms with Crippen molar-refractivity contribution in [2.45, 2.75) is 38.5 Å². The third-order valence-corrected chi connectivity index (χ3v) is 3.95. The van der Waals surface area contributed by atoms with Gasteiger partial charge >= 0.3 is 6.18 Å². The highest BCUT2D eigenvalue weighted by Gasteiger charge is 2.33. The minimum atomic E-state index is -4.46. The molecule has 2 aromatic rings. The maximum absolute atomic E-state index is 12.7. The van der Waals surface area contributed by atoms with Gasteiger partial charge in [0.15, 0.2) is 5.76 Å². The van der Waals surface area contributed by atoms with Crippen LogP contribution in [0.25, 0.3) is 0 Å². The topological polar surface area (TPSA) is 67.1 Å². The number of piperidine rings is 1. The minimum Gasteiger partial charge on any atom is -0.367 e. The van der Waals surface area contributed by atoms with Crippen LogP contribution in [-0.2, 0) is 12.7 Å². The molecule has 3 rings (SSSR count). The number of rotatable bonds is 4. The summed E-state index contributed by atoms with van der Waals surface area (Å²) in [7, 11) is 0. The number of anilines is 1. The Morgan fingerprint density at radius 3 is 2.62 bits per heavy atom. The van der Waals surface area contributed by atoms with E-state index >= 15 is 0 Å². The van der Waals surface area contributed by atoms with Gasteiger partial charge in [-0.1, -0.05) is 5.16 Å². The van der Waals surface area contributed by atoms with Crippen LogP contribution in [0.4, 0.5) is 19.0 Å². The van der Waals surface area contributed by atoms with Gasteiger partial charge in [-0.3, -0.25) is 4.90 Å². The van der Waals surface area contributed by atoms with Gasteiger partial charge in [0.1, 0.15) is 17.8 Å². The predicted molar refractivity (Wildman–Crippen MR) is 80.2 cm³/mol. The van der Waals surface area contributed by atoms with Gasteiger partial charge in [-0.2, -0.15) is 13.2 Å². The van der Waals surface area contributed by atoms with Crippen molar-refractivity contribution in [1.82, 2.24) is 20.0 Å². The fourth-order valence-electron chi connectivity index (χ4n) is 2.75. The first-order chi connectivity index (χ1) is 11.4. The van der Waals surface area contributed by atoms with Crippen LogP contribution >= 0.6 is 0 Å². The lowest BCUT2D eigenvalue weighted by Gasteiger charge is -2.31. The van der Waals surface area contributed by atoms with Crippen molar-refractivity contribution < 1.29 is 17.7 Å². The number of aryl methyl sites for hydroxylation is 1. The van der Waals surface area contributed by atoms with Crippen LogP contribution in [0.1, 0.15) is 30.0 Å². The van der Waals surface area contributed by atoms with Crippen molar-refractivity contribution in [2.75, 3.05) is 18.4 Å². The molecule has 1 N–H and O–H groups in total. The molecule has 130 valence electrons. The van der Waals surface area contributed by atoms with E-state index in [-0.39, 0.29) is 11.9 Å². The van der Waals surface area contributed by atoms with Gasteiger partial charge in [-0.05, 0) is 19.8 Å². The van der Waals surface area contributed by atoms with Crippen LogP contribution in [0.2, 0.25) is 0 Å². The van der Waals surface area contributed by atoms with E-state index in [1.165, 1.54) is 0 Å². The summed E-state index contributed by atoms with van der Waals surface area (Å²) in [6.45, 7) is 4.22. The van der Waals surface area contributed by atoms with Crippen molar-refractivity contribution >= 4 is 5.82 Å². The molecule has 0 saturated carbocycles. The normalized spacial score (nSPS) is 17.2. The molecule has 2 aromatic heterocycles. The Labute approximate surface area is 137 Å². The first kappa shape index (κ1) is 16.7. The number of likely N-dealkylation sites (tertiary alicyclic amines) is 1. The molecular weight excluding hydrogens is 323 g/mol. The second-order valence-electron chi connectivity index (χ2n) is 5.92. The van der Waals surface area contributed by atoms with Gasteiger partial charge in [0, 0.05) is 31.3 Å². The number of hydrogen-bond donors (Lipinski definition) is 1. The smallest absolute Gasteiger partial charge is 0.367 e. The van der Waals surface area contributed by atoms with Gasteiger partial charge in [-0.25, -0.2) is 9.97 Å². The Hall–Kier alpha value is -2.16. The number of aromatic nitrogens is 3. The molecule has 9 heteroatoms. The Kier molecular flexibility index (Phi) is 4.70. The standard InChI is InChI=1S/C15H18F3N5O/c1-10-6-12(24-22-10)8-23-4-2-11(3-5-23)21-14-7-13(15(16,17)18)19-9-20-14/h6-7,9,11H,2-5,8H2,1H3,(H,19,20,21). The molecule has 1 saturated heterocycles. The molecule has 0 atom stereocenters. The van der Waals surface area contributed by atoms with E-state index in [2.05, 4.69) is 25.3 Å². The molecule has 0 amide bonds. The molecule has 0 aliphatic carbocycles. The van der Waals surface area contributed by atoms with Crippen molar-refractivity contribution in [3.05, 3.63) is 35.6 Å². The van der Waals surface area contributed by atoms with Crippen LogP contribution in [0.15, 0.2) is 23.0 Å². The zero-order chi connectivity index (χ0) is 17.2. The highest BCUT2D eigenvalue weighted by molar-refractivity contribution is 5.36. The van der Waals surface area contributed by atoms with Gasteiger partial charge in [0.25, 0.3) is 0 Å². The van der Waals surface area contributed by atoms with E-state index in [1.807, 2.05) is 13.0 Å². The van der Waals surface area contributed by atoms with E-state index in [4.69, 9.17) is 4.52 Å². The van der Waals surface area contributed by atoms with E-state index in [1.54, 1.807) is 0 Å². The lowest BCUT2D eigenvalue weighted by molar-refractivity contribution is -0.141. The zero-order valence-corrected chi connectivity index (χ0v) is 13.2. The van der Waals surface area contributed by atoms with Crippen LogP contribution in [0.3, 0.4) is 0 Å². The van der Waals surface area contributed by atoms with Gasteiger partial charge in [-0.15, -0.1) is 0 Å². The van der Waals surface area contributed by atoms with Crippen LogP contribution in [-0.4, -0.2) is 39.2 Å². The fourth-order valence-corrected chi connectivity index (χ4v) is 2.75. The summed E-state index contributed by atoms with van der Waals surface area (Å²) in [5.74, 6) is 1.03. The molecule has 0 spiro atoms. The monoisotopic (exact) mass is 341 g/mol. The summed E-state index contributed by atoms with van der Waals surface area (Å²) in [5, 5.41) is 6.93. The first-order valence-electron chi connectivity index (χ1n) is 7.70. The van der Waals surface area contributed by atoms with E-state index in [0.29, 0.717) is 6.54 Å². The van der Waals surface area contributed by atoms with Crippen molar-refractivity contribution in [2.24, 2.45) is 0 Å². The molecule has 1 fully saturated rings. The van der Waals surface area contributed by atoms with Gasteiger partial charge < -0.3 is 9.84 Å². The summed E-state index contributed by atoms with van der Waals surface area (Å²) in [6.07, 6.45) is -1.89. The molecule has 3 heterocycles. The number of alkyl halides is 3. The highest BCUT2D eigenvalue weighted by atomic mass is 19.4. The predicted octanol–water partition coefficient (Wildman–Crippen LogP) is 2.87. The van der Waals surface area contributed by atoms with Crippen LogP contribution < -0.4 is 5.32 Å². The van der Waals surface area contributed by atoms with Crippen molar-refractivity contribution in [1.29, 1.82) is 0 Å². The molecule has 0 unspecified atom stereocenters. The number of nitrogens with zero attached hydrogens (tertiary/aromatic N) is 4. The summed E-state index contributed by atoms with van der Waals surface area (Å²) in [4.78, 5) is 9.38. The van der Waals surface area contributed by atoms with E-state index < -0.39 is 11.9 Å². The average molecular weight is 341 g/mol. The highest BCUT2D eigenvalue weighted by Crippen LogP contribution is 2.28. The molecule has 1 aliphatic rings. The summed E-state index contributed by atoms with van der Waals surface area (Å²) in [5.41, 5.74) is -0.0797. The SMILES string of the molecule is Cc1cc(CN2CCC(Nc3cc(C(F)(F)F)ncn3)CC2)on1. The van der Waals surface area contributed by atoms with Crippen LogP contribution in [0, 0.1) is 6.92 Å². The molecule has 24 heavy (non-hydrogen) atoms. The number of halogens is 3. The molecule has 6 nitrogen and oxygen atoms in total. The first-order valence-corrected chi connectivity index (χ1v) is 7.70. The van der Waals surface area contributed by atoms with Gasteiger partial charge in [0.2, 0.25) is 0 Å². The second kappa shape index (κ2) is 6.76. The maximum Gasteiger partial charge on any atom is 0.433 e. The largest absolute Gasteiger partial charge is 0.433 e. The summed E-state index contributed by atoms with van der Waals surface area (Å²) in [6, 6.07) is 2.95. The zero-order valence-electron chi connectivity index (χ0n) is 13.2. The second-order valence-corrected chi connectivity index (χ2v) is 5.92. The van der Waals surface area contributed by atoms with Gasteiger partial charge in [0.05, 0.1) is 12.2 Å². The number of hydrogen-bond acceptors (Lipinski definition) is 6. The number of nitrogens with one attached hydrogen (secondary N) is 1. The average Bonchev–Trinajstić information content (AvgIpc) is 2.94. The summed E-state index contributed by atoms with van der Waals surface area (Å²) >= 11 is 0. The van der Waals surface area contributed by atoms with Crippen LogP contribution in [0.5, 0.6) is 0 Å². The summed E-state index contributed by atoms with van der Waals surface area (Å²) < 4.78 is 43.2. The molecular formula is C15H18F3N5O. The molecule has 0 bridgehead atoms. The Morgan fingerprint density at radius 2 is 2.00 bits per heavy atom. The van der Waals surface area contributed by atoms with Crippen molar-refractivity contribution in [3.8, 4) is 0 Å². The minimum absolute atomic E-state index is 0.0914. The maximum atomic E-state index is 12.7. The third kappa shape index (κ3) is 4.22. The molecule has 1 aliphatic heterocycles. The Bertz CT molecular complexity index is 680. The van der Waals surface area contributed by atoms with Crippen molar-refractivity contribution in [3.63, 3.8) is 0 Å². The molecule has 0 aromatic carbocycles. The van der Waals surface area contributed by atoms with E-state index in [0.717, 1.165) is 49.8 Å². The lowest BCUT2D eigenvalue weighted by atomic mass is 10.0. The Balaban J connectivity index is 1.52. The van der Waals surface area contributed by atoms with E-state index in [9.17, 15) is 13.2 Å². The third-order valence-electron chi connectivity index (χ3n) is 3.95.